The van der Waals surface area contributed by atoms with E-state index in [9.17, 15) is 30.8 Å². The molecule has 0 bridgehead atoms. The third kappa shape index (κ3) is 7.15. The number of aromatic amines is 1. The van der Waals surface area contributed by atoms with Gasteiger partial charge in [-0.25, -0.2) is 40.3 Å². The fraction of sp³-hybridized carbons (Fsp3) is 0.355. The van der Waals surface area contributed by atoms with E-state index in [1.54, 1.807) is 13.0 Å². The molecule has 4 aromatic rings. The first-order chi connectivity index (χ1) is 23.0. The summed E-state index contributed by atoms with van der Waals surface area (Å²) in [5.74, 6) is -7.38. The van der Waals surface area contributed by atoms with E-state index in [2.05, 4.69) is 25.5 Å². The molecule has 3 heterocycles. The van der Waals surface area contributed by atoms with E-state index in [1.807, 2.05) is 4.90 Å². The molecular weight excluding hydrogens is 694 g/mol. The number of carbonyl (C=O) groups is 1. The van der Waals surface area contributed by atoms with Crippen molar-refractivity contribution in [2.45, 2.75) is 59.7 Å². The maximum atomic E-state index is 15.6. The number of anilines is 3. The quantitative estimate of drug-likeness (QED) is 0.0966. The Bertz CT molecular complexity index is 1990. The summed E-state index contributed by atoms with van der Waals surface area (Å²) < 4.78 is 103. The molecule has 2 aromatic heterocycles. The number of hydrogen-bond acceptors (Lipinski definition) is 10. The van der Waals surface area contributed by atoms with E-state index >= 15 is 4.39 Å². The van der Waals surface area contributed by atoms with E-state index in [0.717, 1.165) is 43.4 Å². The number of hydrogen-bond donors (Lipinski definition) is 3. The van der Waals surface area contributed by atoms with Gasteiger partial charge in [-0.3, -0.25) is 9.89 Å². The zero-order valence-electron chi connectivity index (χ0n) is 26.7. The average Bonchev–Trinajstić information content (AvgIpc) is 3.45. The van der Waals surface area contributed by atoms with Crippen LogP contribution < -0.4 is 20.7 Å². The van der Waals surface area contributed by atoms with Crippen LogP contribution in [0, 0.1) is 41.9 Å². The number of aromatic nitrogens is 4. The topological polar surface area (TPSA) is 156 Å². The van der Waals surface area contributed by atoms with Gasteiger partial charge in [0.15, 0.2) is 55.7 Å². The molecule has 0 atom stereocenters. The summed E-state index contributed by atoms with van der Waals surface area (Å²) in [6.07, 6.45) is 1.56. The van der Waals surface area contributed by atoms with Crippen molar-refractivity contribution in [1.82, 2.24) is 20.2 Å². The van der Waals surface area contributed by atoms with Crippen molar-refractivity contribution in [2.75, 3.05) is 30.4 Å². The lowest BCUT2D eigenvalue weighted by Gasteiger charge is -2.33. The van der Waals surface area contributed by atoms with Crippen molar-refractivity contribution in [3.05, 3.63) is 70.7 Å². The lowest BCUT2D eigenvalue weighted by atomic mass is 9.93. The second kappa shape index (κ2) is 13.8. The number of amides is 1. The third-order valence-corrected chi connectivity index (χ3v) is 11.5. The summed E-state index contributed by atoms with van der Waals surface area (Å²) in [7, 11) is -3.39. The first-order valence-corrected chi connectivity index (χ1v) is 17.2. The van der Waals surface area contributed by atoms with Gasteiger partial charge in [-0.05, 0) is 69.5 Å². The van der Waals surface area contributed by atoms with Crippen LogP contribution in [0.4, 0.5) is 39.4 Å². The largest absolute Gasteiger partial charge is 0.490 e. The molecule has 1 aliphatic rings. The number of piperidine rings is 1. The number of primary amides is 1. The van der Waals surface area contributed by atoms with E-state index < -0.39 is 54.1 Å². The maximum Gasteiger partial charge on any atom is 0.217 e. The number of nitrogens with two attached hydrogens (primary N) is 1. The number of aryl methyl sites for hydroxylation is 1. The molecule has 0 saturated carbocycles. The van der Waals surface area contributed by atoms with Gasteiger partial charge in [-0.15, -0.1) is 0 Å². The maximum absolute atomic E-state index is 15.6. The molecule has 1 amide bonds. The lowest BCUT2D eigenvalue weighted by Crippen LogP contribution is -2.36. The zero-order valence-corrected chi connectivity index (χ0v) is 28.3. The summed E-state index contributed by atoms with van der Waals surface area (Å²) >= 11 is 0.760. The fourth-order valence-corrected chi connectivity index (χ4v) is 7.85. The normalized spacial score (nSPS) is 14.3. The van der Waals surface area contributed by atoms with Gasteiger partial charge in [-0.2, -0.15) is 5.10 Å². The van der Waals surface area contributed by atoms with Crippen LogP contribution in [-0.2, 0) is 19.4 Å². The molecule has 11 nitrogen and oxygen atoms in total. The second-order valence-corrected chi connectivity index (χ2v) is 15.4. The molecule has 0 aliphatic carbocycles. The van der Waals surface area contributed by atoms with E-state index in [0.29, 0.717) is 43.6 Å². The molecule has 18 heteroatoms. The number of ether oxygens (including phenoxy) is 1. The van der Waals surface area contributed by atoms with Crippen molar-refractivity contribution in [2.24, 2.45) is 11.7 Å². The van der Waals surface area contributed by atoms with Crippen LogP contribution in [0.5, 0.6) is 5.75 Å². The zero-order chi connectivity index (χ0) is 35.8. The predicted octanol–water partition coefficient (Wildman–Crippen LogP) is 5.91. The van der Waals surface area contributed by atoms with Crippen molar-refractivity contribution in [1.29, 1.82) is 0 Å². The minimum atomic E-state index is -4.83. The number of methoxy groups -OCH3 is 1. The summed E-state index contributed by atoms with van der Waals surface area (Å²) in [6, 6.07) is 4.46. The van der Waals surface area contributed by atoms with Gasteiger partial charge < -0.3 is 20.7 Å². The number of carbonyl (C=O) groups excluding carboxylic acids is 1. The van der Waals surface area contributed by atoms with Crippen LogP contribution >= 0.6 is 11.8 Å². The molecule has 0 spiro atoms. The minimum absolute atomic E-state index is 0.0297. The van der Waals surface area contributed by atoms with E-state index in [-0.39, 0.29) is 45.9 Å². The van der Waals surface area contributed by atoms with Crippen molar-refractivity contribution in [3.63, 3.8) is 0 Å². The second-order valence-electron chi connectivity index (χ2n) is 11.9. The van der Waals surface area contributed by atoms with E-state index in [1.165, 1.54) is 7.11 Å². The Morgan fingerprint density at radius 1 is 1.06 bits per heavy atom. The molecule has 2 aromatic carbocycles. The predicted molar refractivity (Wildman–Crippen MR) is 171 cm³/mol. The van der Waals surface area contributed by atoms with Crippen LogP contribution in [0.25, 0.3) is 0 Å². The lowest BCUT2D eigenvalue weighted by molar-refractivity contribution is -0.119. The number of halogens is 5. The number of H-pyrrole nitrogens is 1. The Morgan fingerprint density at radius 2 is 1.71 bits per heavy atom. The molecule has 1 saturated heterocycles. The van der Waals surface area contributed by atoms with Crippen LogP contribution in [0.15, 0.2) is 45.3 Å². The third-order valence-electron chi connectivity index (χ3n) is 8.19. The highest BCUT2D eigenvalue weighted by atomic mass is 32.2. The highest BCUT2D eigenvalue weighted by Crippen LogP contribution is 2.42. The van der Waals surface area contributed by atoms with Gasteiger partial charge in [0, 0.05) is 37.3 Å². The Balaban J connectivity index is 1.50. The smallest absolute Gasteiger partial charge is 0.217 e. The Kier molecular flexibility index (Phi) is 10.1. The standard InChI is InChI=1S/C31H32F5N7O4S2/c1-15-11-23(42-41-15)38-28-27(47-4)29(43-9-7-16(8-10-43)12-22(37)44)40-30(39-28)48-21-6-5-17(13-18(21)32)49(45,46)31(2,3)24-25(35)19(33)14-20(34)26(24)36/h5-6,11,13-14,16H,7-10,12H2,1-4H3,(H2,37,44)(H2,38,39,40,41,42). The number of benzene rings is 2. The van der Waals surface area contributed by atoms with Gasteiger partial charge in [0.05, 0.1) is 22.5 Å². The highest BCUT2D eigenvalue weighted by Gasteiger charge is 2.44. The molecule has 4 N–H and O–H groups in total. The number of nitrogens with one attached hydrogen (secondary N) is 2. The first-order valence-electron chi connectivity index (χ1n) is 14.9. The fourth-order valence-electron chi connectivity index (χ4n) is 5.55. The van der Waals surface area contributed by atoms with Gasteiger partial charge in [-0.1, -0.05) is 0 Å². The molecule has 1 fully saturated rings. The SMILES string of the molecule is COc1c(Nc2cc(C)[nH]n2)nc(Sc2ccc(S(=O)(=O)C(C)(C)c3c(F)c(F)cc(F)c3F)cc2F)nc1N1CCC(CC(N)=O)CC1. The van der Waals surface area contributed by atoms with Gasteiger partial charge in [0.1, 0.15) is 10.6 Å². The van der Waals surface area contributed by atoms with Gasteiger partial charge >= 0.3 is 0 Å². The first kappa shape index (κ1) is 35.8. The average molecular weight is 726 g/mol. The molecule has 5 rings (SSSR count). The molecule has 0 radical (unpaired) electrons. The van der Waals surface area contributed by atoms with Crippen molar-refractivity contribution >= 4 is 45.0 Å². The summed E-state index contributed by atoms with van der Waals surface area (Å²) in [5.41, 5.74) is 4.79. The van der Waals surface area contributed by atoms with Gasteiger partial charge in [0.2, 0.25) is 11.7 Å². The Labute approximate surface area is 282 Å². The van der Waals surface area contributed by atoms with Gasteiger partial charge in [0.25, 0.3) is 0 Å². The summed E-state index contributed by atoms with van der Waals surface area (Å²) in [4.78, 5) is 21.7. The Morgan fingerprint density at radius 3 is 2.27 bits per heavy atom. The van der Waals surface area contributed by atoms with Crippen molar-refractivity contribution in [3.8, 4) is 5.75 Å². The summed E-state index contributed by atoms with van der Waals surface area (Å²) in [6.45, 7) is 4.53. The minimum Gasteiger partial charge on any atom is -0.490 e. The molecule has 0 unspecified atom stereocenters. The van der Waals surface area contributed by atoms with E-state index in [4.69, 9.17) is 10.5 Å². The number of nitrogens with zero attached hydrogens (tertiary/aromatic N) is 4. The highest BCUT2D eigenvalue weighted by molar-refractivity contribution is 7.99. The van der Waals surface area contributed by atoms with Crippen LogP contribution in [0.1, 0.15) is 44.4 Å². The molecular formula is C31H32F5N7O4S2. The molecule has 262 valence electrons. The van der Waals surface area contributed by atoms with Crippen molar-refractivity contribution < 1.29 is 39.9 Å². The summed E-state index contributed by atoms with van der Waals surface area (Å²) in [5, 5.41) is 10.1. The molecule has 1 aliphatic heterocycles. The van der Waals surface area contributed by atoms with Crippen LogP contribution in [-0.4, -0.2) is 54.7 Å². The van der Waals surface area contributed by atoms with Crippen LogP contribution in [0.3, 0.4) is 0 Å². The molecule has 49 heavy (non-hydrogen) atoms. The van der Waals surface area contributed by atoms with Crippen LogP contribution in [0.2, 0.25) is 0 Å². The number of sulfone groups is 1. The Hall–Kier alpha value is -4.45. The monoisotopic (exact) mass is 725 g/mol. The number of rotatable bonds is 11.